The van der Waals surface area contributed by atoms with E-state index in [-0.39, 0.29) is 23.4 Å². The van der Waals surface area contributed by atoms with Crippen LogP contribution >= 0.6 is 0 Å². The third-order valence-electron chi connectivity index (χ3n) is 4.78. The van der Waals surface area contributed by atoms with Crippen molar-refractivity contribution in [1.29, 1.82) is 0 Å². The highest BCUT2D eigenvalue weighted by molar-refractivity contribution is 7.89. The molecule has 1 atom stereocenters. The van der Waals surface area contributed by atoms with Gasteiger partial charge < -0.3 is 9.47 Å². The number of benzene rings is 2. The molecule has 0 spiro atoms. The lowest BCUT2D eigenvalue weighted by molar-refractivity contribution is -0.146. The summed E-state index contributed by atoms with van der Waals surface area (Å²) in [5.41, 5.74) is 1.56. The van der Waals surface area contributed by atoms with Crippen LogP contribution in [0.25, 0.3) is 0 Å². The van der Waals surface area contributed by atoms with E-state index in [2.05, 4.69) is 0 Å². The van der Waals surface area contributed by atoms with Crippen molar-refractivity contribution in [1.82, 2.24) is 4.31 Å². The predicted octanol–water partition coefficient (Wildman–Crippen LogP) is 2.94. The molecule has 7 heteroatoms. The van der Waals surface area contributed by atoms with Crippen molar-refractivity contribution in [3.8, 4) is 0 Å². The fourth-order valence-electron chi connectivity index (χ4n) is 3.21. The fraction of sp³-hybridized carbons (Fsp3) is 0.381. The number of carbonyl (C=O) groups is 1. The van der Waals surface area contributed by atoms with Gasteiger partial charge in [0.25, 0.3) is 0 Å². The van der Waals surface area contributed by atoms with Gasteiger partial charge in [-0.1, -0.05) is 49.4 Å². The van der Waals surface area contributed by atoms with E-state index in [9.17, 15) is 13.2 Å². The number of nitrogens with zero attached hydrogens (tertiary/aromatic N) is 1. The first-order chi connectivity index (χ1) is 13.5. The Morgan fingerprint density at radius 1 is 1.11 bits per heavy atom. The van der Waals surface area contributed by atoms with Crippen LogP contribution < -0.4 is 0 Å². The quantitative estimate of drug-likeness (QED) is 0.665. The van der Waals surface area contributed by atoms with Crippen LogP contribution in [0.2, 0.25) is 0 Å². The second-order valence-electron chi connectivity index (χ2n) is 6.64. The third kappa shape index (κ3) is 4.79. The number of ether oxygens (including phenoxy) is 2. The molecule has 6 nitrogen and oxygen atoms in total. The molecule has 2 aromatic carbocycles. The average Bonchev–Trinajstić information content (AvgIpc) is 2.74. The molecule has 1 aliphatic heterocycles. The monoisotopic (exact) mass is 403 g/mol. The van der Waals surface area contributed by atoms with Gasteiger partial charge in [-0.2, -0.15) is 4.31 Å². The molecule has 2 aromatic rings. The first kappa shape index (κ1) is 20.5. The first-order valence-corrected chi connectivity index (χ1v) is 10.8. The second kappa shape index (κ2) is 9.32. The van der Waals surface area contributed by atoms with Crippen molar-refractivity contribution < 1.29 is 22.7 Å². The summed E-state index contributed by atoms with van der Waals surface area (Å²) in [6.45, 7) is 3.46. The van der Waals surface area contributed by atoms with E-state index in [0.29, 0.717) is 38.3 Å². The number of carbonyl (C=O) groups excluding carboxylic acids is 1. The lowest BCUT2D eigenvalue weighted by atomic mass is 9.97. The van der Waals surface area contributed by atoms with E-state index in [0.717, 1.165) is 5.56 Å². The summed E-state index contributed by atoms with van der Waals surface area (Å²) in [6.07, 6.45) is 0.633. The molecule has 0 aromatic heterocycles. The van der Waals surface area contributed by atoms with E-state index >= 15 is 0 Å². The molecule has 1 fully saturated rings. The topological polar surface area (TPSA) is 72.9 Å². The van der Waals surface area contributed by atoms with Gasteiger partial charge in [-0.3, -0.25) is 4.79 Å². The summed E-state index contributed by atoms with van der Waals surface area (Å²) in [6, 6.07) is 16.1. The van der Waals surface area contributed by atoms with Gasteiger partial charge in [0.15, 0.2) is 0 Å². The number of morpholine rings is 1. The van der Waals surface area contributed by atoms with E-state index in [1.54, 1.807) is 24.3 Å². The second-order valence-corrected chi connectivity index (χ2v) is 8.58. The number of sulfonamides is 1. The smallest absolute Gasteiger partial charge is 0.313 e. The Morgan fingerprint density at radius 2 is 1.82 bits per heavy atom. The van der Waals surface area contributed by atoms with E-state index in [4.69, 9.17) is 9.47 Å². The Hall–Kier alpha value is -2.22. The maximum atomic E-state index is 12.8. The first-order valence-electron chi connectivity index (χ1n) is 9.41. The largest absolute Gasteiger partial charge is 0.460 e. The molecule has 0 bridgehead atoms. The molecule has 150 valence electrons. The molecule has 1 saturated heterocycles. The van der Waals surface area contributed by atoms with Crippen LogP contribution in [0.15, 0.2) is 59.5 Å². The van der Waals surface area contributed by atoms with Crippen molar-refractivity contribution >= 4 is 16.0 Å². The standard InChI is InChI=1S/C21H25NO5S/c1-2-20(18-8-4-3-5-9-18)21(23)27-16-17-7-6-10-19(15-17)28(24,25)22-11-13-26-14-12-22/h3-10,15,20H,2,11-14,16H2,1H3/t20-/m1/s1. The summed E-state index contributed by atoms with van der Waals surface area (Å²) in [4.78, 5) is 12.7. The van der Waals surface area contributed by atoms with Crippen LogP contribution in [-0.2, 0) is 30.9 Å². The molecule has 3 rings (SSSR count). The predicted molar refractivity (Wildman–Crippen MR) is 105 cm³/mol. The Morgan fingerprint density at radius 3 is 2.50 bits per heavy atom. The molecule has 0 saturated carbocycles. The van der Waals surface area contributed by atoms with Gasteiger partial charge in [0.05, 0.1) is 24.0 Å². The maximum Gasteiger partial charge on any atom is 0.313 e. The van der Waals surface area contributed by atoms with Gasteiger partial charge in [-0.25, -0.2) is 8.42 Å². The summed E-state index contributed by atoms with van der Waals surface area (Å²) in [5, 5.41) is 0. The van der Waals surface area contributed by atoms with Crippen molar-refractivity contribution in [3.63, 3.8) is 0 Å². The summed E-state index contributed by atoms with van der Waals surface area (Å²) < 4.78 is 37.7. The van der Waals surface area contributed by atoms with E-state index in [1.165, 1.54) is 4.31 Å². The molecule has 0 N–H and O–H groups in total. The average molecular weight is 404 g/mol. The summed E-state index contributed by atoms with van der Waals surface area (Å²) in [5.74, 6) is -0.642. The number of esters is 1. The Labute approximate surface area is 166 Å². The summed E-state index contributed by atoms with van der Waals surface area (Å²) in [7, 11) is -3.57. The number of hydrogen-bond acceptors (Lipinski definition) is 5. The Balaban J connectivity index is 1.68. The minimum atomic E-state index is -3.57. The highest BCUT2D eigenvalue weighted by atomic mass is 32.2. The van der Waals surface area contributed by atoms with Crippen LogP contribution in [0, 0.1) is 0 Å². The Kier molecular flexibility index (Phi) is 6.83. The van der Waals surface area contributed by atoms with Gasteiger partial charge >= 0.3 is 5.97 Å². The highest BCUT2D eigenvalue weighted by Crippen LogP contribution is 2.22. The van der Waals surface area contributed by atoms with Crippen molar-refractivity contribution in [2.24, 2.45) is 0 Å². The SMILES string of the molecule is CC[C@@H](C(=O)OCc1cccc(S(=O)(=O)N2CCOCC2)c1)c1ccccc1. The van der Waals surface area contributed by atoms with E-state index < -0.39 is 10.0 Å². The zero-order chi connectivity index (χ0) is 20.0. The zero-order valence-electron chi connectivity index (χ0n) is 15.9. The number of rotatable bonds is 7. The molecule has 28 heavy (non-hydrogen) atoms. The molecule has 1 aliphatic rings. The van der Waals surface area contributed by atoms with Gasteiger partial charge in [0.2, 0.25) is 10.0 Å². The minimum absolute atomic E-state index is 0.0363. The Bertz CT molecular complexity index is 892. The van der Waals surface area contributed by atoms with Crippen LogP contribution in [-0.4, -0.2) is 45.0 Å². The van der Waals surface area contributed by atoms with Crippen LogP contribution in [0.4, 0.5) is 0 Å². The molecule has 0 unspecified atom stereocenters. The van der Waals surface area contributed by atoms with Crippen LogP contribution in [0.3, 0.4) is 0 Å². The third-order valence-corrected chi connectivity index (χ3v) is 6.68. The van der Waals surface area contributed by atoms with Crippen molar-refractivity contribution in [3.05, 3.63) is 65.7 Å². The molecule has 0 amide bonds. The van der Waals surface area contributed by atoms with Crippen LogP contribution in [0.1, 0.15) is 30.4 Å². The highest BCUT2D eigenvalue weighted by Gasteiger charge is 2.26. The number of hydrogen-bond donors (Lipinski definition) is 0. The zero-order valence-corrected chi connectivity index (χ0v) is 16.7. The molecule has 1 heterocycles. The molecule has 0 radical (unpaired) electrons. The van der Waals surface area contributed by atoms with Crippen molar-refractivity contribution in [2.45, 2.75) is 30.8 Å². The van der Waals surface area contributed by atoms with Crippen LogP contribution in [0.5, 0.6) is 0 Å². The minimum Gasteiger partial charge on any atom is -0.460 e. The lowest BCUT2D eigenvalue weighted by Crippen LogP contribution is -2.40. The molecular weight excluding hydrogens is 378 g/mol. The molecular formula is C21H25NO5S. The summed E-state index contributed by atoms with van der Waals surface area (Å²) >= 11 is 0. The lowest BCUT2D eigenvalue weighted by Gasteiger charge is -2.26. The van der Waals surface area contributed by atoms with Gasteiger partial charge in [-0.15, -0.1) is 0 Å². The van der Waals surface area contributed by atoms with Gasteiger partial charge in [0, 0.05) is 13.1 Å². The van der Waals surface area contributed by atoms with Gasteiger partial charge in [0.1, 0.15) is 6.61 Å². The van der Waals surface area contributed by atoms with Crippen molar-refractivity contribution in [2.75, 3.05) is 26.3 Å². The van der Waals surface area contributed by atoms with E-state index in [1.807, 2.05) is 37.3 Å². The van der Waals surface area contributed by atoms with Gasteiger partial charge in [-0.05, 0) is 29.7 Å². The normalized spacial score (nSPS) is 16.5. The fourth-order valence-corrected chi connectivity index (χ4v) is 4.69. The maximum absolute atomic E-state index is 12.8. The molecule has 0 aliphatic carbocycles.